The van der Waals surface area contributed by atoms with Gasteiger partial charge in [0.1, 0.15) is 11.6 Å². The number of rotatable bonds is 5. The Hall–Kier alpha value is -3.03. The zero-order valence-electron chi connectivity index (χ0n) is 17.4. The number of nitrogens with zero attached hydrogens (tertiary/aromatic N) is 2. The van der Waals surface area contributed by atoms with Gasteiger partial charge in [0.25, 0.3) is 11.7 Å². The highest BCUT2D eigenvalue weighted by molar-refractivity contribution is 6.46. The van der Waals surface area contributed by atoms with Crippen molar-refractivity contribution < 1.29 is 23.8 Å². The summed E-state index contributed by atoms with van der Waals surface area (Å²) in [7, 11) is 0. The first-order valence-electron chi connectivity index (χ1n) is 10.4. The number of aryl methyl sites for hydroxylation is 1. The predicted molar refractivity (Wildman–Crippen MR) is 114 cm³/mol. The van der Waals surface area contributed by atoms with Crippen LogP contribution in [0.25, 0.3) is 5.76 Å². The molecule has 0 spiro atoms. The van der Waals surface area contributed by atoms with Gasteiger partial charge in [-0.1, -0.05) is 42.0 Å². The van der Waals surface area contributed by atoms with E-state index in [4.69, 9.17) is 4.74 Å². The van der Waals surface area contributed by atoms with Gasteiger partial charge < -0.3 is 14.7 Å². The van der Waals surface area contributed by atoms with Crippen LogP contribution in [0.1, 0.15) is 22.7 Å². The molecule has 0 radical (unpaired) electrons. The van der Waals surface area contributed by atoms with Crippen LogP contribution in [-0.4, -0.2) is 66.0 Å². The van der Waals surface area contributed by atoms with Crippen LogP contribution < -0.4 is 0 Å². The molecule has 2 saturated heterocycles. The summed E-state index contributed by atoms with van der Waals surface area (Å²) in [5.41, 5.74) is 1.89. The fourth-order valence-electron chi connectivity index (χ4n) is 4.07. The van der Waals surface area contributed by atoms with Crippen LogP contribution in [-0.2, 0) is 14.3 Å². The molecule has 0 bridgehead atoms. The van der Waals surface area contributed by atoms with Gasteiger partial charge in [-0.05, 0) is 24.6 Å². The highest BCUT2D eigenvalue weighted by Crippen LogP contribution is 2.39. The van der Waals surface area contributed by atoms with Gasteiger partial charge in [-0.15, -0.1) is 0 Å². The number of ether oxygens (including phenoxy) is 1. The number of morpholine rings is 1. The lowest BCUT2D eigenvalue weighted by Crippen LogP contribution is -2.42. The Morgan fingerprint density at radius 2 is 1.81 bits per heavy atom. The van der Waals surface area contributed by atoms with Crippen molar-refractivity contribution in [2.24, 2.45) is 0 Å². The van der Waals surface area contributed by atoms with Gasteiger partial charge in [-0.2, -0.15) is 0 Å². The maximum absolute atomic E-state index is 14.0. The summed E-state index contributed by atoms with van der Waals surface area (Å²) in [5.74, 6) is -2.15. The zero-order valence-corrected chi connectivity index (χ0v) is 17.4. The Kier molecular flexibility index (Phi) is 6.15. The molecule has 4 rings (SSSR count). The average molecular weight is 424 g/mol. The van der Waals surface area contributed by atoms with Crippen molar-refractivity contribution in [3.63, 3.8) is 0 Å². The molecular weight excluding hydrogens is 399 g/mol. The van der Waals surface area contributed by atoms with Crippen LogP contribution in [0.5, 0.6) is 0 Å². The van der Waals surface area contributed by atoms with E-state index in [2.05, 4.69) is 4.90 Å². The number of ketones is 1. The Bertz CT molecular complexity index is 1010. The zero-order chi connectivity index (χ0) is 22.0. The minimum atomic E-state index is -0.849. The van der Waals surface area contributed by atoms with Crippen LogP contribution in [0.2, 0.25) is 0 Å². The Balaban J connectivity index is 1.73. The number of likely N-dealkylation sites (tertiary alicyclic amines) is 1. The lowest BCUT2D eigenvalue weighted by Gasteiger charge is -2.31. The van der Waals surface area contributed by atoms with Crippen LogP contribution in [0.15, 0.2) is 54.1 Å². The topological polar surface area (TPSA) is 70.1 Å². The maximum Gasteiger partial charge on any atom is 0.295 e. The molecule has 7 heteroatoms. The van der Waals surface area contributed by atoms with E-state index >= 15 is 0 Å². The smallest absolute Gasteiger partial charge is 0.295 e. The molecule has 2 fully saturated rings. The summed E-state index contributed by atoms with van der Waals surface area (Å²) in [6.45, 7) is 5.51. The molecule has 2 heterocycles. The summed E-state index contributed by atoms with van der Waals surface area (Å²) < 4.78 is 19.4. The number of carbonyl (C=O) groups is 2. The number of hydrogen-bond acceptors (Lipinski definition) is 5. The molecule has 31 heavy (non-hydrogen) atoms. The number of hydrogen-bond donors (Lipinski definition) is 1. The summed E-state index contributed by atoms with van der Waals surface area (Å²) in [5, 5.41) is 11.0. The first kappa shape index (κ1) is 21.2. The molecular formula is C24H25FN2O4. The quantitative estimate of drug-likeness (QED) is 0.454. The molecule has 0 saturated carbocycles. The average Bonchev–Trinajstić information content (AvgIpc) is 3.03. The number of aliphatic hydroxyl groups is 1. The van der Waals surface area contributed by atoms with Crippen LogP contribution >= 0.6 is 0 Å². The lowest BCUT2D eigenvalue weighted by molar-refractivity contribution is -0.140. The van der Waals surface area contributed by atoms with Crippen molar-refractivity contribution in [3.05, 3.63) is 76.6 Å². The van der Waals surface area contributed by atoms with Gasteiger partial charge in [-0.25, -0.2) is 4.39 Å². The monoisotopic (exact) mass is 424 g/mol. The van der Waals surface area contributed by atoms with Crippen molar-refractivity contribution in [2.75, 3.05) is 39.4 Å². The lowest BCUT2D eigenvalue weighted by atomic mass is 9.95. The molecule has 6 nitrogen and oxygen atoms in total. The van der Waals surface area contributed by atoms with Gasteiger partial charge in [0.2, 0.25) is 0 Å². The first-order valence-corrected chi connectivity index (χ1v) is 10.4. The number of carbonyl (C=O) groups excluding carboxylic acids is 2. The Morgan fingerprint density at radius 3 is 2.48 bits per heavy atom. The van der Waals surface area contributed by atoms with Crippen molar-refractivity contribution in [2.45, 2.75) is 13.0 Å². The minimum Gasteiger partial charge on any atom is -0.507 e. The third kappa shape index (κ3) is 4.38. The predicted octanol–water partition coefficient (Wildman–Crippen LogP) is 2.89. The maximum atomic E-state index is 14.0. The summed E-state index contributed by atoms with van der Waals surface area (Å²) >= 11 is 0. The largest absolute Gasteiger partial charge is 0.507 e. The third-order valence-corrected chi connectivity index (χ3v) is 5.79. The molecule has 0 aliphatic carbocycles. The van der Waals surface area contributed by atoms with Crippen LogP contribution in [0, 0.1) is 12.7 Å². The standard InChI is InChI=1S/C24H25FN2O4/c1-16-5-7-17(8-6-16)22(28)20-21(18-3-2-4-19(25)15-18)27(24(30)23(20)29)10-9-26-11-13-31-14-12-26/h2-8,15,21,28H,9-14H2,1H3/t21-/m0/s1. The van der Waals surface area contributed by atoms with E-state index in [1.54, 1.807) is 24.3 Å². The first-order chi connectivity index (χ1) is 15.0. The molecule has 1 atom stereocenters. The van der Waals surface area contributed by atoms with Gasteiger partial charge in [-0.3, -0.25) is 14.5 Å². The van der Waals surface area contributed by atoms with Gasteiger partial charge in [0.15, 0.2) is 0 Å². The fraction of sp³-hybridized carbons (Fsp3) is 0.333. The van der Waals surface area contributed by atoms with E-state index in [1.165, 1.54) is 17.0 Å². The van der Waals surface area contributed by atoms with Gasteiger partial charge in [0, 0.05) is 31.7 Å². The Labute approximate surface area is 180 Å². The van der Waals surface area contributed by atoms with E-state index in [9.17, 15) is 19.1 Å². The second-order valence-electron chi connectivity index (χ2n) is 7.87. The molecule has 2 aromatic carbocycles. The fourth-order valence-corrected chi connectivity index (χ4v) is 4.07. The molecule has 2 aromatic rings. The van der Waals surface area contributed by atoms with E-state index in [-0.39, 0.29) is 17.9 Å². The highest BCUT2D eigenvalue weighted by atomic mass is 19.1. The number of aliphatic hydroxyl groups excluding tert-OH is 1. The van der Waals surface area contributed by atoms with Crippen molar-refractivity contribution in [3.8, 4) is 0 Å². The van der Waals surface area contributed by atoms with E-state index in [0.29, 0.717) is 30.9 Å². The summed E-state index contributed by atoms with van der Waals surface area (Å²) in [6.07, 6.45) is 0. The van der Waals surface area contributed by atoms with Crippen molar-refractivity contribution in [1.29, 1.82) is 0 Å². The number of Topliss-reactive ketones (excluding diaryl/α,β-unsaturated/α-hetero) is 1. The molecule has 0 aromatic heterocycles. The van der Waals surface area contributed by atoms with E-state index < -0.39 is 23.5 Å². The molecule has 162 valence electrons. The van der Waals surface area contributed by atoms with Crippen LogP contribution in [0.3, 0.4) is 0 Å². The number of halogens is 1. The van der Waals surface area contributed by atoms with Crippen molar-refractivity contribution >= 4 is 17.4 Å². The molecule has 2 aliphatic rings. The summed E-state index contributed by atoms with van der Waals surface area (Å²) in [4.78, 5) is 29.5. The van der Waals surface area contributed by atoms with Gasteiger partial charge in [0.05, 0.1) is 24.8 Å². The highest BCUT2D eigenvalue weighted by Gasteiger charge is 2.46. The van der Waals surface area contributed by atoms with Crippen molar-refractivity contribution in [1.82, 2.24) is 9.80 Å². The minimum absolute atomic E-state index is 0.0126. The molecule has 1 N–H and O–H groups in total. The normalized spacial score (nSPS) is 21.6. The number of benzene rings is 2. The molecule has 1 amide bonds. The van der Waals surface area contributed by atoms with E-state index in [0.717, 1.165) is 18.7 Å². The third-order valence-electron chi connectivity index (χ3n) is 5.79. The molecule has 2 aliphatic heterocycles. The van der Waals surface area contributed by atoms with Crippen LogP contribution in [0.4, 0.5) is 4.39 Å². The van der Waals surface area contributed by atoms with E-state index in [1.807, 2.05) is 19.1 Å². The second kappa shape index (κ2) is 8.99. The van der Waals surface area contributed by atoms with Gasteiger partial charge >= 0.3 is 0 Å². The second-order valence-corrected chi connectivity index (χ2v) is 7.87. The number of amides is 1. The SMILES string of the molecule is Cc1ccc(C(O)=C2C(=O)C(=O)N(CCN3CCOCC3)[C@H]2c2cccc(F)c2)cc1. The molecule has 0 unspecified atom stereocenters. The summed E-state index contributed by atoms with van der Waals surface area (Å²) in [6, 6.07) is 12.0. The Morgan fingerprint density at radius 1 is 1.10 bits per heavy atom.